The molecule has 0 unspecified atom stereocenters. The van der Waals surface area contributed by atoms with Crippen molar-refractivity contribution in [2.24, 2.45) is 11.3 Å². The van der Waals surface area contributed by atoms with Crippen LogP contribution in [0.15, 0.2) is 43.4 Å². The summed E-state index contributed by atoms with van der Waals surface area (Å²) < 4.78 is 24.5. The number of aromatic nitrogens is 2. The molecule has 1 aromatic heterocycles. The molecule has 1 amide bonds. The van der Waals surface area contributed by atoms with Crippen molar-refractivity contribution in [2.45, 2.75) is 38.6 Å². The third-order valence-corrected chi connectivity index (χ3v) is 11.0. The van der Waals surface area contributed by atoms with Gasteiger partial charge in [0.25, 0.3) is 0 Å². The molecule has 0 saturated carbocycles. The summed E-state index contributed by atoms with van der Waals surface area (Å²) in [6.45, 7) is 15.7. The SMILES string of the molecule is C=CC(=O)N1CCN(SN2CCC(CN3CCC4(CC3)CN(c3ncncc3Oc3ccc(F)cc3C=O)C4)CC2)[C@@H](C)C1. The fraction of sp³-hybridized carbons (Fsp3) is 0.562. The van der Waals surface area contributed by atoms with Crippen molar-refractivity contribution < 1.29 is 18.7 Å². The van der Waals surface area contributed by atoms with Crippen LogP contribution in [0.25, 0.3) is 0 Å². The summed E-state index contributed by atoms with van der Waals surface area (Å²) in [6.07, 6.45) is 9.91. The number of likely N-dealkylation sites (tertiary alicyclic amines) is 1. The first-order chi connectivity index (χ1) is 21.3. The Labute approximate surface area is 263 Å². The van der Waals surface area contributed by atoms with Crippen molar-refractivity contribution in [3.8, 4) is 11.5 Å². The number of aldehydes is 1. The van der Waals surface area contributed by atoms with Gasteiger partial charge in [-0.25, -0.2) is 23.0 Å². The molecule has 5 heterocycles. The van der Waals surface area contributed by atoms with Gasteiger partial charge in [0, 0.05) is 75.9 Å². The van der Waals surface area contributed by atoms with Gasteiger partial charge in [-0.3, -0.25) is 9.59 Å². The van der Waals surface area contributed by atoms with Crippen molar-refractivity contribution in [2.75, 3.05) is 70.3 Å². The Balaban J connectivity index is 0.932. The topological polar surface area (TPSA) is 85.4 Å². The maximum absolute atomic E-state index is 13.6. The first kappa shape index (κ1) is 30.9. The predicted molar refractivity (Wildman–Crippen MR) is 169 cm³/mol. The Morgan fingerprint density at radius 2 is 1.91 bits per heavy atom. The number of hydrogen-bond acceptors (Lipinski definition) is 10. The summed E-state index contributed by atoms with van der Waals surface area (Å²) in [6, 6.07) is 4.24. The van der Waals surface area contributed by atoms with E-state index in [9.17, 15) is 14.0 Å². The Bertz CT molecular complexity index is 1340. The number of amides is 1. The van der Waals surface area contributed by atoms with Crippen LogP contribution < -0.4 is 9.64 Å². The molecule has 4 saturated heterocycles. The van der Waals surface area contributed by atoms with Gasteiger partial charge in [0.2, 0.25) is 5.91 Å². The normalized spacial score (nSPS) is 23.4. The van der Waals surface area contributed by atoms with E-state index in [1.54, 1.807) is 6.20 Å². The summed E-state index contributed by atoms with van der Waals surface area (Å²) in [5.74, 6) is 1.76. The summed E-state index contributed by atoms with van der Waals surface area (Å²) in [7, 11) is 0. The van der Waals surface area contributed by atoms with Crippen LogP contribution in [0.2, 0.25) is 0 Å². The lowest BCUT2D eigenvalue weighted by Crippen LogP contribution is -2.61. The van der Waals surface area contributed by atoms with Gasteiger partial charge < -0.3 is 19.4 Å². The summed E-state index contributed by atoms with van der Waals surface area (Å²) in [5.41, 5.74) is 0.447. The first-order valence-electron chi connectivity index (χ1n) is 15.7. The van der Waals surface area contributed by atoms with Gasteiger partial charge in [0.05, 0.1) is 11.8 Å². The molecule has 0 aliphatic carbocycles. The molecule has 0 N–H and O–H groups in total. The molecule has 2 aromatic rings. The highest BCUT2D eigenvalue weighted by Gasteiger charge is 2.46. The van der Waals surface area contributed by atoms with Gasteiger partial charge >= 0.3 is 0 Å². The van der Waals surface area contributed by atoms with Gasteiger partial charge in [-0.05, 0) is 75.9 Å². The van der Waals surface area contributed by atoms with E-state index in [0.29, 0.717) is 35.1 Å². The maximum atomic E-state index is 13.6. The number of benzene rings is 1. The fourth-order valence-electron chi connectivity index (χ4n) is 6.96. The van der Waals surface area contributed by atoms with Gasteiger partial charge in [-0.1, -0.05) is 6.58 Å². The van der Waals surface area contributed by atoms with Crippen LogP contribution in [0.5, 0.6) is 11.5 Å². The standard InChI is InChI=1S/C32H42FN7O3S/c1-3-30(42)37-14-15-40(24(2)18-37)44-39-10-6-25(7-11-39)19-36-12-8-32(9-13-36)21-38(22-32)31-29(17-34-23-35-31)43-28-5-4-27(33)16-26(28)20-41/h3-5,16-17,20,23-25H,1,6-15,18-19,21-22H2,2H3/t24-/m0/s1. The monoisotopic (exact) mass is 623 g/mol. The van der Waals surface area contributed by atoms with Gasteiger partial charge in [-0.2, -0.15) is 0 Å². The lowest BCUT2D eigenvalue weighted by atomic mass is 9.72. The van der Waals surface area contributed by atoms with E-state index in [1.165, 1.54) is 62.8 Å². The number of piperidine rings is 2. The van der Waals surface area contributed by atoms with Gasteiger partial charge in [0.1, 0.15) is 17.9 Å². The van der Waals surface area contributed by atoms with Crippen LogP contribution in [0.1, 0.15) is 43.0 Å². The van der Waals surface area contributed by atoms with E-state index < -0.39 is 5.82 Å². The van der Waals surface area contributed by atoms with Gasteiger partial charge in [0.15, 0.2) is 17.9 Å². The number of hydrogen-bond donors (Lipinski definition) is 0. The van der Waals surface area contributed by atoms with Crippen molar-refractivity contribution in [1.29, 1.82) is 0 Å². The van der Waals surface area contributed by atoms with E-state index in [1.807, 2.05) is 17.0 Å². The van der Waals surface area contributed by atoms with E-state index in [-0.39, 0.29) is 11.5 Å². The number of halogens is 1. The second-order valence-corrected chi connectivity index (χ2v) is 13.9. The first-order valence-corrected chi connectivity index (χ1v) is 16.4. The molecular weight excluding hydrogens is 581 g/mol. The average Bonchev–Trinajstić information content (AvgIpc) is 3.03. The second-order valence-electron chi connectivity index (χ2n) is 12.7. The number of ether oxygens (including phenoxy) is 1. The van der Waals surface area contributed by atoms with Crippen LogP contribution in [0.3, 0.4) is 0 Å². The number of carbonyl (C=O) groups excluding carboxylic acids is 2. The quantitative estimate of drug-likeness (QED) is 0.231. The molecule has 1 spiro atoms. The zero-order valence-electron chi connectivity index (χ0n) is 25.4. The van der Waals surface area contributed by atoms with E-state index >= 15 is 0 Å². The molecule has 44 heavy (non-hydrogen) atoms. The van der Waals surface area contributed by atoms with Crippen molar-refractivity contribution in [1.82, 2.24) is 28.4 Å². The summed E-state index contributed by atoms with van der Waals surface area (Å²) in [5, 5.41) is 0. The molecule has 1 atom stereocenters. The Kier molecular flexibility index (Phi) is 9.51. The second kappa shape index (κ2) is 13.5. The lowest BCUT2D eigenvalue weighted by Gasteiger charge is -2.54. The summed E-state index contributed by atoms with van der Waals surface area (Å²) >= 11 is 1.87. The van der Waals surface area contributed by atoms with Crippen molar-refractivity contribution in [3.63, 3.8) is 0 Å². The molecule has 10 nitrogen and oxygen atoms in total. The maximum Gasteiger partial charge on any atom is 0.246 e. The summed E-state index contributed by atoms with van der Waals surface area (Å²) in [4.78, 5) is 38.8. The number of nitrogens with zero attached hydrogens (tertiary/aromatic N) is 7. The van der Waals surface area contributed by atoms with E-state index in [2.05, 4.69) is 41.9 Å². The highest BCUT2D eigenvalue weighted by Crippen LogP contribution is 2.45. The van der Waals surface area contributed by atoms with E-state index in [0.717, 1.165) is 64.8 Å². The zero-order chi connectivity index (χ0) is 30.7. The molecular formula is C32H42FN7O3S. The van der Waals surface area contributed by atoms with Crippen LogP contribution >= 0.6 is 12.1 Å². The molecule has 6 rings (SSSR count). The number of anilines is 1. The fourth-order valence-corrected chi connectivity index (χ4v) is 8.02. The van der Waals surface area contributed by atoms with Crippen LogP contribution in [-0.2, 0) is 4.79 Å². The third-order valence-electron chi connectivity index (χ3n) is 9.61. The molecule has 0 radical (unpaired) electrons. The highest BCUT2D eigenvalue weighted by atomic mass is 32.2. The van der Waals surface area contributed by atoms with Crippen molar-refractivity contribution in [3.05, 3.63) is 54.8 Å². The van der Waals surface area contributed by atoms with Crippen LogP contribution in [0.4, 0.5) is 10.2 Å². The largest absolute Gasteiger partial charge is 0.451 e. The molecule has 4 aliphatic rings. The van der Waals surface area contributed by atoms with Crippen LogP contribution in [0, 0.1) is 17.2 Å². The zero-order valence-corrected chi connectivity index (χ0v) is 26.3. The van der Waals surface area contributed by atoms with E-state index in [4.69, 9.17) is 4.74 Å². The molecule has 0 bridgehead atoms. The number of carbonyl (C=O) groups is 2. The Morgan fingerprint density at radius 3 is 2.61 bits per heavy atom. The minimum Gasteiger partial charge on any atom is -0.451 e. The Hall–Kier alpha value is -3.06. The lowest BCUT2D eigenvalue weighted by molar-refractivity contribution is -0.127. The van der Waals surface area contributed by atoms with Crippen molar-refractivity contribution >= 4 is 30.1 Å². The molecule has 1 aromatic carbocycles. The van der Waals surface area contributed by atoms with Gasteiger partial charge in [-0.15, -0.1) is 0 Å². The minimum absolute atomic E-state index is 0.0312. The minimum atomic E-state index is -0.482. The smallest absolute Gasteiger partial charge is 0.246 e. The molecule has 4 fully saturated rings. The molecule has 236 valence electrons. The molecule has 12 heteroatoms. The number of rotatable bonds is 9. The average molecular weight is 624 g/mol. The predicted octanol–water partition coefficient (Wildman–Crippen LogP) is 4.12. The third kappa shape index (κ3) is 6.93. The van der Waals surface area contributed by atoms with Crippen LogP contribution in [-0.4, -0.2) is 112 Å². The molecule has 4 aliphatic heterocycles. The number of piperazine rings is 1. The Morgan fingerprint density at radius 1 is 1.14 bits per heavy atom. The highest BCUT2D eigenvalue weighted by molar-refractivity contribution is 7.94.